The highest BCUT2D eigenvalue weighted by Gasteiger charge is 2.39. The quantitative estimate of drug-likeness (QED) is 0.846. The first kappa shape index (κ1) is 17.7. The molecule has 0 aliphatic rings. The van der Waals surface area contributed by atoms with Crippen LogP contribution in [0, 0.1) is 5.41 Å². The molecule has 0 fully saturated rings. The number of rotatable bonds is 5. The topological polar surface area (TPSA) is 55.4 Å². The lowest BCUT2D eigenvalue weighted by atomic mass is 9.71. The molecule has 0 bridgehead atoms. The van der Waals surface area contributed by atoms with E-state index in [1.807, 2.05) is 68.4 Å². The molecule has 2 rings (SSSR count). The minimum absolute atomic E-state index is 0.114. The molecule has 1 amide bonds. The SMILES string of the molecule is COC(=O)C(C)(C)C(c1ccccc1)c1ccc(NC(C)=O)cc1. The molecule has 0 aliphatic carbocycles. The van der Waals surface area contributed by atoms with Gasteiger partial charge in [-0.2, -0.15) is 0 Å². The summed E-state index contributed by atoms with van der Waals surface area (Å²) < 4.78 is 5.02. The minimum Gasteiger partial charge on any atom is -0.469 e. The van der Waals surface area contributed by atoms with E-state index in [1.165, 1.54) is 14.0 Å². The maximum atomic E-state index is 12.4. The maximum absolute atomic E-state index is 12.4. The zero-order chi connectivity index (χ0) is 17.7. The van der Waals surface area contributed by atoms with Crippen molar-refractivity contribution in [3.63, 3.8) is 0 Å². The Balaban J connectivity index is 2.47. The fourth-order valence-corrected chi connectivity index (χ4v) is 3.01. The van der Waals surface area contributed by atoms with Gasteiger partial charge in [0.15, 0.2) is 0 Å². The van der Waals surface area contributed by atoms with E-state index in [-0.39, 0.29) is 17.8 Å². The molecule has 0 saturated heterocycles. The van der Waals surface area contributed by atoms with E-state index in [1.54, 1.807) is 0 Å². The number of hydrogen-bond acceptors (Lipinski definition) is 3. The zero-order valence-corrected chi connectivity index (χ0v) is 14.5. The largest absolute Gasteiger partial charge is 0.469 e. The Kier molecular flexibility index (Phi) is 5.39. The number of methoxy groups -OCH3 is 1. The van der Waals surface area contributed by atoms with Crippen molar-refractivity contribution in [1.29, 1.82) is 0 Å². The predicted octanol–water partition coefficient (Wildman–Crippen LogP) is 3.98. The standard InChI is InChI=1S/C20H23NO3/c1-14(22)21-17-12-10-16(11-13-17)18(15-8-6-5-7-9-15)20(2,3)19(23)24-4/h5-13,18H,1-4H3,(H,21,22). The maximum Gasteiger partial charge on any atom is 0.312 e. The summed E-state index contributed by atoms with van der Waals surface area (Å²) in [6, 6.07) is 17.5. The van der Waals surface area contributed by atoms with Crippen LogP contribution in [-0.4, -0.2) is 19.0 Å². The number of benzene rings is 2. The van der Waals surface area contributed by atoms with E-state index in [9.17, 15) is 9.59 Å². The first-order valence-electron chi connectivity index (χ1n) is 7.87. The lowest BCUT2D eigenvalue weighted by molar-refractivity contribution is -0.151. The van der Waals surface area contributed by atoms with Crippen LogP contribution in [0.5, 0.6) is 0 Å². The van der Waals surface area contributed by atoms with Gasteiger partial charge in [0.25, 0.3) is 0 Å². The molecule has 0 aromatic heterocycles. The first-order chi connectivity index (χ1) is 11.4. The number of carbonyl (C=O) groups excluding carboxylic acids is 2. The van der Waals surface area contributed by atoms with Gasteiger partial charge in [0.2, 0.25) is 5.91 Å². The van der Waals surface area contributed by atoms with Crippen molar-refractivity contribution in [2.45, 2.75) is 26.7 Å². The summed E-state index contributed by atoms with van der Waals surface area (Å²) in [6.07, 6.45) is 0. The van der Waals surface area contributed by atoms with Crippen LogP contribution in [0.1, 0.15) is 37.8 Å². The van der Waals surface area contributed by atoms with E-state index in [0.717, 1.165) is 16.8 Å². The highest BCUT2D eigenvalue weighted by molar-refractivity contribution is 5.88. The Labute approximate surface area is 142 Å². The van der Waals surface area contributed by atoms with Crippen molar-refractivity contribution < 1.29 is 14.3 Å². The zero-order valence-electron chi connectivity index (χ0n) is 14.5. The average Bonchev–Trinajstić information content (AvgIpc) is 2.56. The van der Waals surface area contributed by atoms with E-state index >= 15 is 0 Å². The first-order valence-corrected chi connectivity index (χ1v) is 7.87. The van der Waals surface area contributed by atoms with Gasteiger partial charge < -0.3 is 10.1 Å². The molecule has 4 nitrogen and oxygen atoms in total. The Bertz CT molecular complexity index is 705. The van der Waals surface area contributed by atoms with Crippen LogP contribution in [0.2, 0.25) is 0 Å². The summed E-state index contributed by atoms with van der Waals surface area (Å²) in [5, 5.41) is 2.75. The molecular weight excluding hydrogens is 302 g/mol. The molecule has 0 heterocycles. The summed E-state index contributed by atoms with van der Waals surface area (Å²) in [7, 11) is 1.41. The smallest absolute Gasteiger partial charge is 0.312 e. The Morgan fingerprint density at radius 1 is 0.958 bits per heavy atom. The van der Waals surface area contributed by atoms with Crippen molar-refractivity contribution in [3.8, 4) is 0 Å². The molecule has 0 saturated carbocycles. The second kappa shape index (κ2) is 7.30. The number of nitrogens with one attached hydrogen (secondary N) is 1. The second-order valence-electron chi connectivity index (χ2n) is 6.36. The van der Waals surface area contributed by atoms with Crippen molar-refractivity contribution in [2.24, 2.45) is 5.41 Å². The lowest BCUT2D eigenvalue weighted by Gasteiger charge is -2.32. The van der Waals surface area contributed by atoms with Gasteiger partial charge in [-0.25, -0.2) is 0 Å². The number of amides is 1. The minimum atomic E-state index is -0.731. The van der Waals surface area contributed by atoms with E-state index < -0.39 is 5.41 Å². The third kappa shape index (κ3) is 3.82. The number of hydrogen-bond donors (Lipinski definition) is 1. The lowest BCUT2D eigenvalue weighted by Crippen LogP contribution is -2.33. The van der Waals surface area contributed by atoms with Crippen LogP contribution in [0.25, 0.3) is 0 Å². The molecular formula is C20H23NO3. The highest BCUT2D eigenvalue weighted by atomic mass is 16.5. The molecule has 1 N–H and O–H groups in total. The normalized spacial score (nSPS) is 12.3. The molecule has 0 radical (unpaired) electrons. The molecule has 2 aromatic carbocycles. The van der Waals surface area contributed by atoms with Crippen LogP contribution < -0.4 is 5.32 Å². The molecule has 1 atom stereocenters. The van der Waals surface area contributed by atoms with Crippen LogP contribution >= 0.6 is 0 Å². The summed E-state index contributed by atoms with van der Waals surface area (Å²) in [5.41, 5.74) is 2.03. The van der Waals surface area contributed by atoms with E-state index in [4.69, 9.17) is 4.74 Å². The number of anilines is 1. The molecule has 1 unspecified atom stereocenters. The van der Waals surface area contributed by atoms with Gasteiger partial charge in [0.1, 0.15) is 0 Å². The predicted molar refractivity (Wildman–Crippen MR) is 94.8 cm³/mol. The third-order valence-electron chi connectivity index (χ3n) is 4.13. The van der Waals surface area contributed by atoms with Crippen LogP contribution in [-0.2, 0) is 14.3 Å². The molecule has 24 heavy (non-hydrogen) atoms. The number of ether oxygens (including phenoxy) is 1. The van der Waals surface area contributed by atoms with Crippen LogP contribution in [0.15, 0.2) is 54.6 Å². The van der Waals surface area contributed by atoms with Gasteiger partial charge >= 0.3 is 5.97 Å². The molecule has 4 heteroatoms. The van der Waals surface area contributed by atoms with Gasteiger partial charge in [-0.05, 0) is 37.1 Å². The molecule has 0 aliphatic heterocycles. The van der Waals surface area contributed by atoms with Crippen molar-refractivity contribution in [1.82, 2.24) is 0 Å². The Hall–Kier alpha value is -2.62. The summed E-state index contributed by atoms with van der Waals surface area (Å²) in [6.45, 7) is 5.25. The summed E-state index contributed by atoms with van der Waals surface area (Å²) in [5.74, 6) is -0.530. The fourth-order valence-electron chi connectivity index (χ4n) is 3.01. The van der Waals surface area contributed by atoms with Crippen LogP contribution in [0.3, 0.4) is 0 Å². The van der Waals surface area contributed by atoms with Gasteiger partial charge in [-0.3, -0.25) is 9.59 Å². The Morgan fingerprint density at radius 3 is 2.00 bits per heavy atom. The van der Waals surface area contributed by atoms with Crippen molar-refractivity contribution in [2.75, 3.05) is 12.4 Å². The molecule has 0 spiro atoms. The van der Waals surface area contributed by atoms with E-state index in [2.05, 4.69) is 5.32 Å². The second-order valence-corrected chi connectivity index (χ2v) is 6.36. The molecule has 126 valence electrons. The van der Waals surface area contributed by atoms with Crippen LogP contribution in [0.4, 0.5) is 5.69 Å². The highest BCUT2D eigenvalue weighted by Crippen LogP contribution is 2.42. The van der Waals surface area contributed by atoms with Gasteiger partial charge in [-0.1, -0.05) is 42.5 Å². The average molecular weight is 325 g/mol. The van der Waals surface area contributed by atoms with Gasteiger partial charge in [0.05, 0.1) is 12.5 Å². The van der Waals surface area contributed by atoms with E-state index in [0.29, 0.717) is 0 Å². The monoisotopic (exact) mass is 325 g/mol. The van der Waals surface area contributed by atoms with Crippen molar-refractivity contribution in [3.05, 3.63) is 65.7 Å². The number of carbonyl (C=O) groups is 2. The summed E-state index contributed by atoms with van der Waals surface area (Å²) in [4.78, 5) is 23.5. The fraction of sp³-hybridized carbons (Fsp3) is 0.300. The van der Waals surface area contributed by atoms with Crippen molar-refractivity contribution >= 4 is 17.6 Å². The van der Waals surface area contributed by atoms with Gasteiger partial charge in [0, 0.05) is 18.5 Å². The number of esters is 1. The summed E-state index contributed by atoms with van der Waals surface area (Å²) >= 11 is 0. The Morgan fingerprint density at radius 2 is 1.50 bits per heavy atom. The molecule has 2 aromatic rings. The third-order valence-corrected chi connectivity index (χ3v) is 4.13. The van der Waals surface area contributed by atoms with Gasteiger partial charge in [-0.15, -0.1) is 0 Å².